The average Bonchev–Trinajstić information content (AvgIpc) is 2.70. The van der Waals surface area contributed by atoms with Crippen LogP contribution in [0.2, 0.25) is 0 Å². The lowest BCUT2D eigenvalue weighted by Gasteiger charge is -2.30. The van der Waals surface area contributed by atoms with Crippen molar-refractivity contribution in [1.82, 2.24) is 4.90 Å². The Hall–Kier alpha value is -0.420. The van der Waals surface area contributed by atoms with Gasteiger partial charge in [-0.05, 0) is 35.7 Å². The van der Waals surface area contributed by atoms with Gasteiger partial charge in [-0.2, -0.15) is 11.3 Å². The topological polar surface area (TPSA) is 38.5 Å². The maximum atomic E-state index is 5.91. The number of ether oxygens (including phenoxy) is 1. The summed E-state index contributed by atoms with van der Waals surface area (Å²) in [5.74, 6) is 0. The molecular formula is C12H20N2OS. The zero-order chi connectivity index (χ0) is 11.4. The van der Waals surface area contributed by atoms with E-state index < -0.39 is 0 Å². The van der Waals surface area contributed by atoms with Crippen molar-refractivity contribution in [3.63, 3.8) is 0 Å². The molecule has 0 aromatic carbocycles. The van der Waals surface area contributed by atoms with Crippen LogP contribution in [0.4, 0.5) is 0 Å². The van der Waals surface area contributed by atoms with Crippen LogP contribution in [0, 0.1) is 0 Å². The monoisotopic (exact) mass is 240 g/mol. The first-order valence-corrected chi connectivity index (χ1v) is 6.83. The summed E-state index contributed by atoms with van der Waals surface area (Å²) >= 11 is 1.74. The number of hydrogen-bond acceptors (Lipinski definition) is 4. The lowest BCUT2D eigenvalue weighted by Crippen LogP contribution is -2.37. The van der Waals surface area contributed by atoms with E-state index in [0.717, 1.165) is 26.1 Å². The van der Waals surface area contributed by atoms with Crippen molar-refractivity contribution in [3.05, 3.63) is 22.4 Å². The van der Waals surface area contributed by atoms with Crippen molar-refractivity contribution >= 4 is 11.3 Å². The van der Waals surface area contributed by atoms with Gasteiger partial charge in [-0.3, -0.25) is 4.90 Å². The van der Waals surface area contributed by atoms with Crippen LogP contribution < -0.4 is 5.73 Å². The minimum Gasteiger partial charge on any atom is -0.377 e. The molecule has 2 N–H and O–H groups in total. The third kappa shape index (κ3) is 2.83. The number of rotatable bonds is 3. The number of hydrogen-bond donors (Lipinski definition) is 1. The molecule has 0 bridgehead atoms. The second-order valence-electron chi connectivity index (χ2n) is 4.34. The molecule has 16 heavy (non-hydrogen) atoms. The van der Waals surface area contributed by atoms with Crippen molar-refractivity contribution in [2.24, 2.45) is 5.73 Å². The predicted molar refractivity (Wildman–Crippen MR) is 67.7 cm³/mol. The Kier molecular flexibility index (Phi) is 4.35. The molecule has 1 saturated heterocycles. The molecule has 2 unspecified atom stereocenters. The fourth-order valence-electron chi connectivity index (χ4n) is 2.27. The molecule has 1 aliphatic rings. The van der Waals surface area contributed by atoms with E-state index in [1.807, 2.05) is 0 Å². The summed E-state index contributed by atoms with van der Waals surface area (Å²) in [5.41, 5.74) is 7.26. The first-order chi connectivity index (χ1) is 7.81. The first-order valence-electron chi connectivity index (χ1n) is 5.89. The van der Waals surface area contributed by atoms with E-state index in [0.29, 0.717) is 18.7 Å². The lowest BCUT2D eigenvalue weighted by atomic mass is 10.1. The van der Waals surface area contributed by atoms with Gasteiger partial charge in [-0.25, -0.2) is 0 Å². The van der Waals surface area contributed by atoms with Gasteiger partial charge in [0.2, 0.25) is 0 Å². The summed E-state index contributed by atoms with van der Waals surface area (Å²) in [6.45, 7) is 5.77. The maximum absolute atomic E-state index is 5.91. The Morgan fingerprint density at radius 3 is 3.25 bits per heavy atom. The Morgan fingerprint density at radius 2 is 2.56 bits per heavy atom. The third-order valence-electron chi connectivity index (χ3n) is 3.08. The van der Waals surface area contributed by atoms with E-state index in [1.165, 1.54) is 5.56 Å². The fraction of sp³-hybridized carbons (Fsp3) is 0.667. The SMILES string of the molecule is CC1CN(C(CN)c2ccsc2)CCCO1. The second kappa shape index (κ2) is 5.77. The second-order valence-corrected chi connectivity index (χ2v) is 5.12. The zero-order valence-electron chi connectivity index (χ0n) is 9.76. The molecule has 0 spiro atoms. The van der Waals surface area contributed by atoms with Crippen molar-refractivity contribution in [1.29, 1.82) is 0 Å². The van der Waals surface area contributed by atoms with E-state index in [4.69, 9.17) is 10.5 Å². The van der Waals surface area contributed by atoms with E-state index in [-0.39, 0.29) is 0 Å². The molecule has 1 aliphatic heterocycles. The lowest BCUT2D eigenvalue weighted by molar-refractivity contribution is 0.0612. The van der Waals surface area contributed by atoms with Crippen LogP contribution in [0.15, 0.2) is 16.8 Å². The molecule has 1 aromatic heterocycles. The van der Waals surface area contributed by atoms with Crippen molar-refractivity contribution in [2.75, 3.05) is 26.2 Å². The number of nitrogens with two attached hydrogens (primary N) is 1. The van der Waals surface area contributed by atoms with Crippen LogP contribution in [0.5, 0.6) is 0 Å². The van der Waals surface area contributed by atoms with Crippen LogP contribution >= 0.6 is 11.3 Å². The molecule has 1 aromatic rings. The third-order valence-corrected chi connectivity index (χ3v) is 3.78. The Labute approximate surface area is 101 Å². The van der Waals surface area contributed by atoms with Crippen LogP contribution in [0.3, 0.4) is 0 Å². The quantitative estimate of drug-likeness (QED) is 0.876. The largest absolute Gasteiger partial charge is 0.377 e. The van der Waals surface area contributed by atoms with Gasteiger partial charge >= 0.3 is 0 Å². The molecule has 0 amide bonds. The molecule has 2 heterocycles. The van der Waals surface area contributed by atoms with Gasteiger partial charge < -0.3 is 10.5 Å². The van der Waals surface area contributed by atoms with Gasteiger partial charge in [0.05, 0.1) is 6.10 Å². The number of nitrogens with zero attached hydrogens (tertiary/aromatic N) is 1. The average molecular weight is 240 g/mol. The molecule has 0 radical (unpaired) electrons. The molecule has 4 heteroatoms. The fourth-order valence-corrected chi connectivity index (χ4v) is 2.98. The summed E-state index contributed by atoms with van der Waals surface area (Å²) < 4.78 is 5.67. The summed E-state index contributed by atoms with van der Waals surface area (Å²) in [4.78, 5) is 2.46. The molecule has 0 aliphatic carbocycles. The van der Waals surface area contributed by atoms with Crippen molar-refractivity contribution < 1.29 is 4.74 Å². The van der Waals surface area contributed by atoms with Crippen molar-refractivity contribution in [2.45, 2.75) is 25.5 Å². The Bertz CT molecular complexity index is 302. The van der Waals surface area contributed by atoms with Crippen LogP contribution in [0.25, 0.3) is 0 Å². The van der Waals surface area contributed by atoms with Crippen LogP contribution in [-0.2, 0) is 4.74 Å². The van der Waals surface area contributed by atoms with Gasteiger partial charge in [0.15, 0.2) is 0 Å². The molecule has 3 nitrogen and oxygen atoms in total. The highest BCUT2D eigenvalue weighted by molar-refractivity contribution is 7.07. The Morgan fingerprint density at radius 1 is 1.69 bits per heavy atom. The Balaban J connectivity index is 2.07. The van der Waals surface area contributed by atoms with Gasteiger partial charge in [-0.1, -0.05) is 0 Å². The van der Waals surface area contributed by atoms with Crippen LogP contribution in [-0.4, -0.2) is 37.2 Å². The molecule has 0 saturated carbocycles. The highest BCUT2D eigenvalue weighted by atomic mass is 32.1. The first kappa shape index (κ1) is 12.0. The van der Waals surface area contributed by atoms with Gasteiger partial charge in [-0.15, -0.1) is 0 Å². The van der Waals surface area contributed by atoms with E-state index in [9.17, 15) is 0 Å². The molecule has 2 rings (SSSR count). The normalized spacial score (nSPS) is 25.2. The standard InChI is InChI=1S/C12H20N2OS/c1-10-8-14(4-2-5-15-10)12(7-13)11-3-6-16-9-11/h3,6,9-10,12H,2,4-5,7-8,13H2,1H3. The maximum Gasteiger partial charge on any atom is 0.0674 e. The van der Waals surface area contributed by atoms with Gasteiger partial charge in [0.25, 0.3) is 0 Å². The van der Waals surface area contributed by atoms with E-state index in [2.05, 4.69) is 28.7 Å². The smallest absolute Gasteiger partial charge is 0.0674 e. The summed E-state index contributed by atoms with van der Waals surface area (Å²) in [6.07, 6.45) is 1.42. The highest BCUT2D eigenvalue weighted by Crippen LogP contribution is 2.23. The van der Waals surface area contributed by atoms with E-state index in [1.54, 1.807) is 11.3 Å². The van der Waals surface area contributed by atoms with Gasteiger partial charge in [0.1, 0.15) is 0 Å². The molecule has 1 fully saturated rings. The van der Waals surface area contributed by atoms with Crippen LogP contribution in [0.1, 0.15) is 24.9 Å². The zero-order valence-corrected chi connectivity index (χ0v) is 10.6. The van der Waals surface area contributed by atoms with Crippen molar-refractivity contribution in [3.8, 4) is 0 Å². The van der Waals surface area contributed by atoms with Gasteiger partial charge in [0, 0.05) is 32.3 Å². The minimum atomic E-state index is 0.315. The highest BCUT2D eigenvalue weighted by Gasteiger charge is 2.23. The predicted octanol–water partition coefficient (Wildman–Crippen LogP) is 1.86. The molecule has 90 valence electrons. The summed E-state index contributed by atoms with van der Waals surface area (Å²) in [6, 6.07) is 2.54. The molecular weight excluding hydrogens is 220 g/mol. The number of thiophene rings is 1. The summed E-state index contributed by atoms with van der Waals surface area (Å²) in [7, 11) is 0. The van der Waals surface area contributed by atoms with E-state index >= 15 is 0 Å². The molecule has 2 atom stereocenters. The summed E-state index contributed by atoms with van der Waals surface area (Å²) in [5, 5.41) is 4.32. The minimum absolute atomic E-state index is 0.315.